The van der Waals surface area contributed by atoms with Crippen molar-refractivity contribution >= 4 is 6.03 Å². The number of hydrogen-bond acceptors (Lipinski definition) is 3. The van der Waals surface area contributed by atoms with E-state index < -0.39 is 23.9 Å². The second kappa shape index (κ2) is 9.45. The number of carbonyl (C=O) groups is 1. The van der Waals surface area contributed by atoms with E-state index in [1.807, 2.05) is 19.1 Å². The van der Waals surface area contributed by atoms with Gasteiger partial charge < -0.3 is 20.5 Å². The maximum absolute atomic E-state index is 13.0. The third-order valence-corrected chi connectivity index (χ3v) is 4.31. The molecule has 2 aromatic carbocycles. The minimum Gasteiger partial charge on any atom is -0.497 e. The fourth-order valence-corrected chi connectivity index (χ4v) is 2.81. The van der Waals surface area contributed by atoms with Crippen LogP contribution in [-0.2, 0) is 6.18 Å². The predicted molar refractivity (Wildman–Crippen MR) is 99.0 cm³/mol. The summed E-state index contributed by atoms with van der Waals surface area (Å²) >= 11 is 0. The molecule has 152 valence electrons. The first kappa shape index (κ1) is 21.6. The molecule has 0 saturated heterocycles. The molecule has 0 bridgehead atoms. The minimum atomic E-state index is -4.58. The van der Waals surface area contributed by atoms with E-state index in [0.717, 1.165) is 11.6 Å². The molecule has 2 rings (SSSR count). The summed E-state index contributed by atoms with van der Waals surface area (Å²) < 4.78 is 44.2. The summed E-state index contributed by atoms with van der Waals surface area (Å²) in [5.41, 5.74) is -0.340. The highest BCUT2D eigenvalue weighted by atomic mass is 19.4. The van der Waals surface area contributed by atoms with Gasteiger partial charge in [0.1, 0.15) is 5.75 Å². The molecule has 0 spiro atoms. The second-order valence-electron chi connectivity index (χ2n) is 6.19. The smallest absolute Gasteiger partial charge is 0.416 e. The first-order valence-electron chi connectivity index (χ1n) is 8.78. The van der Waals surface area contributed by atoms with Gasteiger partial charge in [0.2, 0.25) is 0 Å². The number of urea groups is 1. The molecule has 28 heavy (non-hydrogen) atoms. The van der Waals surface area contributed by atoms with Crippen LogP contribution in [0, 0.1) is 0 Å². The Kier molecular flexibility index (Phi) is 7.28. The highest BCUT2D eigenvalue weighted by molar-refractivity contribution is 5.74. The summed E-state index contributed by atoms with van der Waals surface area (Å²) in [6, 6.07) is 11.1. The lowest BCUT2D eigenvalue weighted by Crippen LogP contribution is -2.39. The van der Waals surface area contributed by atoms with Crippen molar-refractivity contribution in [1.82, 2.24) is 10.6 Å². The molecule has 0 heterocycles. The molecule has 5 nitrogen and oxygen atoms in total. The van der Waals surface area contributed by atoms with Gasteiger partial charge in [-0.1, -0.05) is 37.3 Å². The Labute approximate surface area is 161 Å². The molecule has 2 aromatic rings. The molecule has 0 aliphatic heterocycles. The van der Waals surface area contributed by atoms with Crippen molar-refractivity contribution in [2.75, 3.05) is 13.7 Å². The van der Waals surface area contributed by atoms with Crippen LogP contribution in [0.25, 0.3) is 0 Å². The number of hydrogen-bond donors (Lipinski definition) is 3. The van der Waals surface area contributed by atoms with E-state index in [9.17, 15) is 23.1 Å². The zero-order valence-electron chi connectivity index (χ0n) is 15.6. The molecule has 0 fully saturated rings. The van der Waals surface area contributed by atoms with E-state index in [-0.39, 0.29) is 18.2 Å². The number of aliphatic hydroxyl groups excluding tert-OH is 1. The molecule has 0 aliphatic rings. The van der Waals surface area contributed by atoms with E-state index in [2.05, 4.69) is 10.6 Å². The van der Waals surface area contributed by atoms with E-state index >= 15 is 0 Å². The maximum atomic E-state index is 13.0. The predicted octanol–water partition coefficient (Wildman–Crippen LogP) is 4.20. The molecular formula is C20H23F3N2O3. The van der Waals surface area contributed by atoms with Gasteiger partial charge >= 0.3 is 12.2 Å². The number of benzene rings is 2. The zero-order chi connectivity index (χ0) is 20.7. The normalized spacial score (nSPS) is 13.5. The van der Waals surface area contributed by atoms with Crippen molar-refractivity contribution in [2.45, 2.75) is 31.7 Å². The van der Waals surface area contributed by atoms with Gasteiger partial charge in [-0.3, -0.25) is 0 Å². The summed E-state index contributed by atoms with van der Waals surface area (Å²) in [4.78, 5) is 12.1. The Balaban J connectivity index is 1.97. The molecule has 2 amide bonds. The van der Waals surface area contributed by atoms with Gasteiger partial charge in [0.15, 0.2) is 0 Å². The summed E-state index contributed by atoms with van der Waals surface area (Å²) in [5, 5.41) is 15.3. The average Bonchev–Trinajstić information content (AvgIpc) is 2.69. The third-order valence-electron chi connectivity index (χ3n) is 4.31. The number of amides is 2. The van der Waals surface area contributed by atoms with Crippen molar-refractivity contribution in [1.29, 1.82) is 0 Å². The molecular weight excluding hydrogens is 373 g/mol. The summed E-state index contributed by atoms with van der Waals surface area (Å²) in [6.45, 7) is 1.54. The molecule has 3 N–H and O–H groups in total. The van der Waals surface area contributed by atoms with Crippen LogP contribution in [0.15, 0.2) is 48.5 Å². The Morgan fingerprint density at radius 2 is 1.79 bits per heavy atom. The lowest BCUT2D eigenvalue weighted by Gasteiger charge is -2.20. The lowest BCUT2D eigenvalue weighted by molar-refractivity contribution is -0.139. The first-order chi connectivity index (χ1) is 13.3. The van der Waals surface area contributed by atoms with Gasteiger partial charge in [0, 0.05) is 6.54 Å². The van der Waals surface area contributed by atoms with Crippen molar-refractivity contribution in [2.24, 2.45) is 0 Å². The minimum absolute atomic E-state index is 0.280. The quantitative estimate of drug-likeness (QED) is 0.657. The highest BCUT2D eigenvalue weighted by Crippen LogP contribution is 2.34. The Morgan fingerprint density at radius 3 is 2.36 bits per heavy atom. The van der Waals surface area contributed by atoms with Crippen LogP contribution in [0.2, 0.25) is 0 Å². The number of methoxy groups -OCH3 is 1. The van der Waals surface area contributed by atoms with Crippen molar-refractivity contribution < 1.29 is 27.8 Å². The van der Waals surface area contributed by atoms with Gasteiger partial charge in [-0.25, -0.2) is 4.79 Å². The number of halogens is 3. The Bertz CT molecular complexity index is 779. The number of alkyl halides is 3. The number of aliphatic hydroxyl groups is 1. The largest absolute Gasteiger partial charge is 0.497 e. The maximum Gasteiger partial charge on any atom is 0.416 e. The Morgan fingerprint density at radius 1 is 1.14 bits per heavy atom. The van der Waals surface area contributed by atoms with Gasteiger partial charge in [-0.2, -0.15) is 13.2 Å². The lowest BCUT2D eigenvalue weighted by atomic mass is 10.0. The van der Waals surface area contributed by atoms with Crippen molar-refractivity contribution in [3.05, 3.63) is 65.2 Å². The fourth-order valence-electron chi connectivity index (χ4n) is 2.81. The molecule has 2 atom stereocenters. The summed E-state index contributed by atoms with van der Waals surface area (Å²) in [6.07, 6.45) is -5.45. The van der Waals surface area contributed by atoms with E-state index in [1.54, 1.807) is 19.2 Å². The van der Waals surface area contributed by atoms with Crippen LogP contribution in [0.5, 0.6) is 5.75 Å². The standard InChI is InChI=1S/C20H23F3N2O3/c1-3-17(13-8-10-14(28-2)11-9-13)25-19(27)24-12-18(26)15-6-4-5-7-16(15)20(21,22)23/h4-11,17-18,26H,3,12H2,1-2H3,(H2,24,25,27). The number of ether oxygens (including phenoxy) is 1. The van der Waals surface area contributed by atoms with Crippen LogP contribution in [-0.4, -0.2) is 24.8 Å². The summed E-state index contributed by atoms with van der Waals surface area (Å²) in [5.74, 6) is 0.689. The summed E-state index contributed by atoms with van der Waals surface area (Å²) in [7, 11) is 1.56. The average molecular weight is 396 g/mol. The molecule has 0 aliphatic carbocycles. The fraction of sp³-hybridized carbons (Fsp3) is 0.350. The van der Waals surface area contributed by atoms with Crippen LogP contribution in [0.4, 0.5) is 18.0 Å². The zero-order valence-corrected chi connectivity index (χ0v) is 15.6. The molecule has 0 saturated carbocycles. The van der Waals surface area contributed by atoms with Crippen molar-refractivity contribution in [3.63, 3.8) is 0 Å². The van der Waals surface area contributed by atoms with Crippen LogP contribution >= 0.6 is 0 Å². The highest BCUT2D eigenvalue weighted by Gasteiger charge is 2.34. The number of nitrogens with one attached hydrogen (secondary N) is 2. The van der Waals surface area contributed by atoms with Crippen LogP contribution < -0.4 is 15.4 Å². The van der Waals surface area contributed by atoms with E-state index in [1.165, 1.54) is 18.2 Å². The third kappa shape index (κ3) is 5.63. The SMILES string of the molecule is CCC(NC(=O)NCC(O)c1ccccc1C(F)(F)F)c1ccc(OC)cc1. The van der Waals surface area contributed by atoms with Crippen molar-refractivity contribution in [3.8, 4) is 5.75 Å². The van der Waals surface area contributed by atoms with Gasteiger partial charge in [-0.05, 0) is 35.7 Å². The molecule has 0 radical (unpaired) electrons. The number of rotatable bonds is 7. The van der Waals surface area contributed by atoms with E-state index in [4.69, 9.17) is 4.74 Å². The molecule has 0 aromatic heterocycles. The number of carbonyl (C=O) groups excluding carboxylic acids is 1. The first-order valence-corrected chi connectivity index (χ1v) is 8.78. The van der Waals surface area contributed by atoms with Gasteiger partial charge in [-0.15, -0.1) is 0 Å². The molecule has 2 unspecified atom stereocenters. The second-order valence-corrected chi connectivity index (χ2v) is 6.19. The molecule has 8 heteroatoms. The van der Waals surface area contributed by atoms with Gasteiger partial charge in [0.25, 0.3) is 0 Å². The Hall–Kier alpha value is -2.74. The van der Waals surface area contributed by atoms with Crippen LogP contribution in [0.3, 0.4) is 0 Å². The monoisotopic (exact) mass is 396 g/mol. The van der Waals surface area contributed by atoms with E-state index in [0.29, 0.717) is 12.2 Å². The van der Waals surface area contributed by atoms with Gasteiger partial charge in [0.05, 0.1) is 24.8 Å². The topological polar surface area (TPSA) is 70.6 Å². The van der Waals surface area contributed by atoms with Crippen LogP contribution in [0.1, 0.15) is 42.2 Å².